The van der Waals surface area contributed by atoms with E-state index in [4.69, 9.17) is 0 Å². The average molecular weight is 291 g/mol. The van der Waals surface area contributed by atoms with Gasteiger partial charge in [-0.05, 0) is 30.2 Å². The Morgan fingerprint density at radius 1 is 1.15 bits per heavy atom. The summed E-state index contributed by atoms with van der Waals surface area (Å²) >= 11 is 1.82. The summed E-state index contributed by atoms with van der Waals surface area (Å²) in [6.07, 6.45) is -0.624. The molecule has 0 unspecified atom stereocenters. The maximum Gasteiger partial charge on any atom is 0.125 e. The van der Waals surface area contributed by atoms with Crippen molar-refractivity contribution in [1.82, 2.24) is 4.90 Å². The van der Waals surface area contributed by atoms with Crippen molar-refractivity contribution in [3.8, 4) is 10.4 Å². The molecule has 0 aliphatic carbocycles. The minimum Gasteiger partial charge on any atom is -0.293 e. The minimum atomic E-state index is -0.624. The lowest BCUT2D eigenvalue weighted by Crippen LogP contribution is -2.47. The largest absolute Gasteiger partial charge is 0.293 e. The van der Waals surface area contributed by atoms with Crippen LogP contribution in [0, 0.1) is 6.92 Å². The highest BCUT2D eigenvalue weighted by molar-refractivity contribution is 7.15. The molecule has 0 saturated carbocycles. The molecule has 1 aliphatic heterocycles. The fraction of sp³-hybridized carbons (Fsp3) is 0.412. The van der Waals surface area contributed by atoms with Crippen LogP contribution in [0.5, 0.6) is 0 Å². The normalized spacial score (nSPS) is 15.4. The van der Waals surface area contributed by atoms with Crippen LogP contribution in [-0.2, 0) is 6.54 Å². The van der Waals surface area contributed by atoms with Crippen LogP contribution in [0.1, 0.15) is 24.3 Å². The minimum absolute atomic E-state index is 0.581. The van der Waals surface area contributed by atoms with E-state index in [0.29, 0.717) is 13.1 Å². The molecular weight excluding hydrogens is 269 g/mol. The van der Waals surface area contributed by atoms with Crippen LogP contribution in [0.2, 0.25) is 0 Å². The molecular formula is C17H22FNS. The third kappa shape index (κ3) is 3.47. The van der Waals surface area contributed by atoms with E-state index in [0.717, 1.165) is 6.54 Å². The number of benzene rings is 1. The first-order valence-electron chi connectivity index (χ1n) is 7.23. The van der Waals surface area contributed by atoms with E-state index < -0.39 is 6.17 Å². The molecule has 0 spiro atoms. The van der Waals surface area contributed by atoms with Gasteiger partial charge in [0.2, 0.25) is 0 Å². The van der Waals surface area contributed by atoms with Crippen LogP contribution < -0.4 is 0 Å². The number of halogens is 1. The SMILES string of the molecule is CC.Cc1ccc(-c2ccccc2CN2CC(F)C2)s1. The first kappa shape index (κ1) is 15.2. The summed E-state index contributed by atoms with van der Waals surface area (Å²) in [5.41, 5.74) is 2.59. The molecule has 0 radical (unpaired) electrons. The molecule has 0 N–H and O–H groups in total. The average Bonchev–Trinajstić information content (AvgIpc) is 2.86. The number of hydrogen-bond acceptors (Lipinski definition) is 2. The predicted octanol–water partition coefficient (Wildman–Crippen LogP) is 4.90. The van der Waals surface area contributed by atoms with Gasteiger partial charge in [0.15, 0.2) is 0 Å². The third-order valence-electron chi connectivity index (χ3n) is 3.33. The monoisotopic (exact) mass is 291 g/mol. The van der Waals surface area contributed by atoms with E-state index in [-0.39, 0.29) is 0 Å². The van der Waals surface area contributed by atoms with Crippen molar-refractivity contribution in [2.45, 2.75) is 33.5 Å². The van der Waals surface area contributed by atoms with Crippen LogP contribution in [-0.4, -0.2) is 24.2 Å². The molecule has 108 valence electrons. The molecule has 1 aromatic carbocycles. The fourth-order valence-electron chi connectivity index (χ4n) is 2.35. The Kier molecular flexibility index (Phi) is 5.32. The number of likely N-dealkylation sites (tertiary alicyclic amines) is 1. The Hall–Kier alpha value is -1.19. The summed E-state index contributed by atoms with van der Waals surface area (Å²) in [4.78, 5) is 4.79. The second kappa shape index (κ2) is 7.00. The molecule has 1 nitrogen and oxygen atoms in total. The number of hydrogen-bond donors (Lipinski definition) is 0. The molecule has 1 saturated heterocycles. The Bertz CT molecular complexity index is 543. The molecule has 0 atom stereocenters. The van der Waals surface area contributed by atoms with Gasteiger partial charge in [0, 0.05) is 29.4 Å². The summed E-state index contributed by atoms with van der Waals surface area (Å²) in [7, 11) is 0. The van der Waals surface area contributed by atoms with Crippen molar-refractivity contribution >= 4 is 11.3 Å². The molecule has 3 heteroatoms. The van der Waals surface area contributed by atoms with E-state index in [1.54, 1.807) is 0 Å². The molecule has 0 amide bonds. The van der Waals surface area contributed by atoms with Gasteiger partial charge in [0.05, 0.1) is 0 Å². The van der Waals surface area contributed by atoms with Gasteiger partial charge in [-0.2, -0.15) is 0 Å². The molecule has 2 heterocycles. The van der Waals surface area contributed by atoms with Gasteiger partial charge in [-0.1, -0.05) is 38.1 Å². The highest BCUT2D eigenvalue weighted by atomic mass is 32.1. The Labute approximate surface area is 125 Å². The molecule has 1 fully saturated rings. The van der Waals surface area contributed by atoms with E-state index >= 15 is 0 Å². The Morgan fingerprint density at radius 2 is 1.85 bits per heavy atom. The summed E-state index contributed by atoms with van der Waals surface area (Å²) in [6.45, 7) is 8.14. The number of aryl methyl sites for hydroxylation is 1. The number of thiophene rings is 1. The summed E-state index contributed by atoms with van der Waals surface area (Å²) in [6, 6.07) is 12.8. The highest BCUT2D eigenvalue weighted by Gasteiger charge is 2.26. The van der Waals surface area contributed by atoms with Crippen molar-refractivity contribution < 1.29 is 4.39 Å². The number of nitrogens with zero attached hydrogens (tertiary/aromatic N) is 1. The Balaban J connectivity index is 0.000000704. The van der Waals surface area contributed by atoms with Crippen LogP contribution in [0.4, 0.5) is 4.39 Å². The van der Waals surface area contributed by atoms with E-state index in [1.165, 1.54) is 20.9 Å². The van der Waals surface area contributed by atoms with Gasteiger partial charge >= 0.3 is 0 Å². The Morgan fingerprint density at radius 3 is 2.45 bits per heavy atom. The van der Waals surface area contributed by atoms with Crippen molar-refractivity contribution in [3.05, 3.63) is 46.8 Å². The molecule has 2 aromatic rings. The van der Waals surface area contributed by atoms with E-state index in [2.05, 4.69) is 48.2 Å². The second-order valence-corrected chi connectivity index (χ2v) is 6.15. The van der Waals surface area contributed by atoms with Gasteiger partial charge in [-0.25, -0.2) is 4.39 Å². The predicted molar refractivity (Wildman–Crippen MR) is 86.0 cm³/mol. The maximum absolute atomic E-state index is 12.9. The zero-order valence-electron chi connectivity index (χ0n) is 12.4. The van der Waals surface area contributed by atoms with Crippen molar-refractivity contribution in [2.24, 2.45) is 0 Å². The van der Waals surface area contributed by atoms with Crippen LogP contribution in [0.3, 0.4) is 0 Å². The fourth-order valence-corrected chi connectivity index (χ4v) is 3.28. The molecule has 0 bridgehead atoms. The molecule has 20 heavy (non-hydrogen) atoms. The zero-order valence-corrected chi connectivity index (χ0v) is 13.2. The first-order chi connectivity index (χ1) is 9.72. The first-order valence-corrected chi connectivity index (χ1v) is 8.05. The smallest absolute Gasteiger partial charge is 0.125 e. The van der Waals surface area contributed by atoms with Crippen molar-refractivity contribution in [2.75, 3.05) is 13.1 Å². The maximum atomic E-state index is 12.9. The highest BCUT2D eigenvalue weighted by Crippen LogP contribution is 2.31. The lowest BCUT2D eigenvalue weighted by molar-refractivity contribution is 0.0592. The van der Waals surface area contributed by atoms with Gasteiger partial charge in [-0.15, -0.1) is 11.3 Å². The van der Waals surface area contributed by atoms with Crippen molar-refractivity contribution in [1.29, 1.82) is 0 Å². The quantitative estimate of drug-likeness (QED) is 0.777. The second-order valence-electron chi connectivity index (χ2n) is 4.86. The van der Waals surface area contributed by atoms with Gasteiger partial charge < -0.3 is 0 Å². The standard InChI is InChI=1S/C15H16FNS.C2H6/c1-11-6-7-15(18-11)14-5-3-2-4-12(14)8-17-9-13(16)10-17;1-2/h2-7,13H,8-10H2,1H3;1-2H3. The summed E-state index contributed by atoms with van der Waals surface area (Å²) in [5.74, 6) is 0. The molecule has 3 rings (SSSR count). The van der Waals surface area contributed by atoms with Gasteiger partial charge in [0.25, 0.3) is 0 Å². The number of rotatable bonds is 3. The van der Waals surface area contributed by atoms with Gasteiger partial charge in [0.1, 0.15) is 6.17 Å². The van der Waals surface area contributed by atoms with E-state index in [1.807, 2.05) is 25.2 Å². The lowest BCUT2D eigenvalue weighted by Gasteiger charge is -2.34. The summed E-state index contributed by atoms with van der Waals surface area (Å²) < 4.78 is 12.9. The molecule has 1 aliphatic rings. The third-order valence-corrected chi connectivity index (χ3v) is 4.36. The molecule has 1 aromatic heterocycles. The topological polar surface area (TPSA) is 3.24 Å². The van der Waals surface area contributed by atoms with Crippen LogP contribution in [0.25, 0.3) is 10.4 Å². The van der Waals surface area contributed by atoms with Crippen LogP contribution in [0.15, 0.2) is 36.4 Å². The van der Waals surface area contributed by atoms with Gasteiger partial charge in [-0.3, -0.25) is 4.90 Å². The van der Waals surface area contributed by atoms with Crippen LogP contribution >= 0.6 is 11.3 Å². The van der Waals surface area contributed by atoms with Crippen molar-refractivity contribution in [3.63, 3.8) is 0 Å². The zero-order chi connectivity index (χ0) is 14.5. The number of alkyl halides is 1. The lowest BCUT2D eigenvalue weighted by atomic mass is 10.0. The van der Waals surface area contributed by atoms with E-state index in [9.17, 15) is 4.39 Å². The summed E-state index contributed by atoms with van der Waals surface area (Å²) in [5, 5.41) is 0.